The number of aryl methyl sites for hydroxylation is 1. The second-order valence-corrected chi connectivity index (χ2v) is 5.33. The molecule has 20 heavy (non-hydrogen) atoms. The highest BCUT2D eigenvalue weighted by molar-refractivity contribution is 9.10. The molecule has 0 saturated carbocycles. The van der Waals surface area contributed by atoms with Crippen molar-refractivity contribution >= 4 is 21.8 Å². The van der Waals surface area contributed by atoms with E-state index in [9.17, 15) is 4.39 Å². The number of rotatable bonds is 4. The Hall–Kier alpha value is -1.88. The summed E-state index contributed by atoms with van der Waals surface area (Å²) in [4.78, 5) is 0. The third kappa shape index (κ3) is 3.36. The van der Waals surface area contributed by atoms with Crippen molar-refractivity contribution in [3.63, 3.8) is 0 Å². The number of benzene rings is 2. The van der Waals surface area contributed by atoms with Gasteiger partial charge in [-0.25, -0.2) is 4.39 Å². The minimum Gasteiger partial charge on any atom is -0.486 e. The first-order valence-electron chi connectivity index (χ1n) is 5.99. The van der Waals surface area contributed by atoms with E-state index in [0.717, 1.165) is 11.1 Å². The Balaban J connectivity index is 2.13. The SMILES string of the molecule is Cc1cc(C(=N)N)ccc1COc1ccc(Br)cc1F. The van der Waals surface area contributed by atoms with Crippen molar-refractivity contribution in [2.75, 3.05) is 0 Å². The van der Waals surface area contributed by atoms with Crippen molar-refractivity contribution in [3.8, 4) is 5.75 Å². The molecule has 0 aromatic heterocycles. The van der Waals surface area contributed by atoms with Gasteiger partial charge < -0.3 is 10.5 Å². The molecule has 0 saturated heterocycles. The average Bonchev–Trinajstić information content (AvgIpc) is 2.38. The highest BCUT2D eigenvalue weighted by Crippen LogP contribution is 2.23. The van der Waals surface area contributed by atoms with Gasteiger partial charge in [0.2, 0.25) is 0 Å². The number of hydrogen-bond acceptors (Lipinski definition) is 2. The topological polar surface area (TPSA) is 59.1 Å². The summed E-state index contributed by atoms with van der Waals surface area (Å²) >= 11 is 3.20. The predicted octanol–water partition coefficient (Wildman–Crippen LogP) is 3.76. The van der Waals surface area contributed by atoms with Gasteiger partial charge in [0.05, 0.1) is 0 Å². The Morgan fingerprint density at radius 1 is 1.30 bits per heavy atom. The largest absolute Gasteiger partial charge is 0.486 e. The van der Waals surface area contributed by atoms with Gasteiger partial charge in [-0.2, -0.15) is 0 Å². The second-order valence-electron chi connectivity index (χ2n) is 4.42. The molecular formula is C15H14BrFN2O. The summed E-state index contributed by atoms with van der Waals surface area (Å²) < 4.78 is 19.8. The zero-order valence-electron chi connectivity index (χ0n) is 10.9. The lowest BCUT2D eigenvalue weighted by Crippen LogP contribution is -2.11. The van der Waals surface area contributed by atoms with Crippen molar-refractivity contribution in [1.82, 2.24) is 0 Å². The van der Waals surface area contributed by atoms with Gasteiger partial charge >= 0.3 is 0 Å². The molecule has 0 amide bonds. The molecule has 0 spiro atoms. The fourth-order valence-corrected chi connectivity index (χ4v) is 2.11. The average molecular weight is 337 g/mol. The zero-order valence-corrected chi connectivity index (χ0v) is 12.5. The minimum absolute atomic E-state index is 0.0273. The van der Waals surface area contributed by atoms with Crippen LogP contribution in [0.25, 0.3) is 0 Å². The first kappa shape index (κ1) is 14.5. The van der Waals surface area contributed by atoms with E-state index in [2.05, 4.69) is 15.9 Å². The van der Waals surface area contributed by atoms with E-state index in [0.29, 0.717) is 10.0 Å². The summed E-state index contributed by atoms with van der Waals surface area (Å²) in [5.41, 5.74) is 7.98. The van der Waals surface area contributed by atoms with Crippen molar-refractivity contribution in [3.05, 3.63) is 63.4 Å². The second kappa shape index (κ2) is 6.05. The number of ether oxygens (including phenoxy) is 1. The monoisotopic (exact) mass is 336 g/mol. The summed E-state index contributed by atoms with van der Waals surface area (Å²) in [5, 5.41) is 7.38. The molecule has 2 aromatic carbocycles. The van der Waals surface area contributed by atoms with E-state index in [1.807, 2.05) is 19.1 Å². The van der Waals surface area contributed by atoms with Gasteiger partial charge in [-0.15, -0.1) is 0 Å². The van der Waals surface area contributed by atoms with E-state index in [1.165, 1.54) is 6.07 Å². The van der Waals surface area contributed by atoms with Crippen LogP contribution in [0.4, 0.5) is 4.39 Å². The van der Waals surface area contributed by atoms with Gasteiger partial charge in [0.25, 0.3) is 0 Å². The summed E-state index contributed by atoms with van der Waals surface area (Å²) in [6, 6.07) is 10.1. The van der Waals surface area contributed by atoms with Crippen LogP contribution in [0.5, 0.6) is 5.75 Å². The molecule has 2 rings (SSSR count). The third-order valence-electron chi connectivity index (χ3n) is 2.93. The fraction of sp³-hybridized carbons (Fsp3) is 0.133. The van der Waals surface area contributed by atoms with Crippen LogP contribution < -0.4 is 10.5 Å². The molecule has 0 radical (unpaired) electrons. The van der Waals surface area contributed by atoms with Crippen LogP contribution in [0.15, 0.2) is 40.9 Å². The maximum atomic E-state index is 13.6. The smallest absolute Gasteiger partial charge is 0.166 e. The molecule has 5 heteroatoms. The Bertz CT molecular complexity index is 658. The number of nitrogens with two attached hydrogens (primary N) is 1. The Morgan fingerprint density at radius 2 is 2.05 bits per heavy atom. The van der Waals surface area contributed by atoms with E-state index in [1.54, 1.807) is 18.2 Å². The molecule has 2 aromatic rings. The molecule has 3 nitrogen and oxygen atoms in total. The number of hydrogen-bond donors (Lipinski definition) is 2. The van der Waals surface area contributed by atoms with E-state index in [-0.39, 0.29) is 18.2 Å². The number of nitrogen functional groups attached to an aromatic ring is 1. The van der Waals surface area contributed by atoms with Gasteiger partial charge in [-0.1, -0.05) is 28.1 Å². The van der Waals surface area contributed by atoms with Gasteiger partial charge in [-0.3, -0.25) is 5.41 Å². The molecule has 0 fully saturated rings. The summed E-state index contributed by atoms with van der Waals surface area (Å²) in [6.45, 7) is 2.17. The quantitative estimate of drug-likeness (QED) is 0.659. The highest BCUT2D eigenvalue weighted by Gasteiger charge is 2.06. The van der Waals surface area contributed by atoms with Crippen LogP contribution >= 0.6 is 15.9 Å². The van der Waals surface area contributed by atoms with Crippen LogP contribution in [-0.2, 0) is 6.61 Å². The van der Waals surface area contributed by atoms with Gasteiger partial charge in [0.1, 0.15) is 12.4 Å². The molecule has 0 bridgehead atoms. The minimum atomic E-state index is -0.405. The zero-order chi connectivity index (χ0) is 14.7. The molecule has 0 aliphatic carbocycles. The number of nitrogens with one attached hydrogen (secondary N) is 1. The van der Waals surface area contributed by atoms with Crippen LogP contribution in [0, 0.1) is 18.2 Å². The van der Waals surface area contributed by atoms with E-state index >= 15 is 0 Å². The normalized spacial score (nSPS) is 10.3. The molecule has 0 unspecified atom stereocenters. The van der Waals surface area contributed by atoms with Crippen LogP contribution in [0.1, 0.15) is 16.7 Å². The van der Waals surface area contributed by atoms with Crippen molar-refractivity contribution in [2.45, 2.75) is 13.5 Å². The van der Waals surface area contributed by atoms with Gasteiger partial charge in [0.15, 0.2) is 11.6 Å². The standard InChI is InChI=1S/C15H14BrFN2O/c1-9-6-10(15(18)19)2-3-11(9)8-20-14-5-4-12(16)7-13(14)17/h2-7H,8H2,1H3,(H3,18,19). The van der Waals surface area contributed by atoms with Gasteiger partial charge in [0, 0.05) is 10.0 Å². The molecular weight excluding hydrogens is 323 g/mol. The van der Waals surface area contributed by atoms with Crippen LogP contribution in [-0.4, -0.2) is 5.84 Å². The number of halogens is 2. The third-order valence-corrected chi connectivity index (χ3v) is 3.42. The van der Waals surface area contributed by atoms with Crippen molar-refractivity contribution < 1.29 is 9.13 Å². The van der Waals surface area contributed by atoms with Gasteiger partial charge in [-0.05, 0) is 42.3 Å². The van der Waals surface area contributed by atoms with E-state index in [4.69, 9.17) is 15.9 Å². The molecule has 3 N–H and O–H groups in total. The van der Waals surface area contributed by atoms with Crippen molar-refractivity contribution in [2.24, 2.45) is 5.73 Å². The number of amidine groups is 1. The highest BCUT2D eigenvalue weighted by atomic mass is 79.9. The van der Waals surface area contributed by atoms with Crippen molar-refractivity contribution in [1.29, 1.82) is 5.41 Å². The Labute approximate surface area is 125 Å². The lowest BCUT2D eigenvalue weighted by molar-refractivity contribution is 0.289. The summed E-state index contributed by atoms with van der Waals surface area (Å²) in [5.74, 6) is -0.167. The Morgan fingerprint density at radius 3 is 2.65 bits per heavy atom. The summed E-state index contributed by atoms with van der Waals surface area (Å²) in [7, 11) is 0. The van der Waals surface area contributed by atoms with E-state index < -0.39 is 5.82 Å². The van der Waals surface area contributed by atoms with Crippen LogP contribution in [0.3, 0.4) is 0 Å². The molecule has 0 atom stereocenters. The lowest BCUT2D eigenvalue weighted by atomic mass is 10.1. The fourth-order valence-electron chi connectivity index (χ4n) is 1.77. The first-order chi connectivity index (χ1) is 9.47. The lowest BCUT2D eigenvalue weighted by Gasteiger charge is -2.11. The maximum absolute atomic E-state index is 13.6. The Kier molecular flexibility index (Phi) is 4.39. The molecule has 0 heterocycles. The molecule has 104 valence electrons. The summed E-state index contributed by atoms with van der Waals surface area (Å²) in [6.07, 6.45) is 0. The molecule has 0 aliphatic heterocycles. The maximum Gasteiger partial charge on any atom is 0.166 e. The first-order valence-corrected chi connectivity index (χ1v) is 6.78. The van der Waals surface area contributed by atoms with Crippen LogP contribution in [0.2, 0.25) is 0 Å². The predicted molar refractivity (Wildman–Crippen MR) is 80.6 cm³/mol. The molecule has 0 aliphatic rings.